The van der Waals surface area contributed by atoms with Crippen molar-refractivity contribution in [3.63, 3.8) is 0 Å². The molecule has 0 amide bonds. The molecule has 0 spiro atoms. The van der Waals surface area contributed by atoms with Crippen molar-refractivity contribution < 1.29 is 17.7 Å². The molecule has 0 aliphatic rings. The lowest BCUT2D eigenvalue weighted by atomic mass is 10.2. The van der Waals surface area contributed by atoms with Crippen molar-refractivity contribution in [3.8, 4) is 0 Å². The highest BCUT2D eigenvalue weighted by Gasteiger charge is 2.21. The summed E-state index contributed by atoms with van der Waals surface area (Å²) < 4.78 is 40.6. The van der Waals surface area contributed by atoms with Gasteiger partial charge in [0, 0.05) is 11.1 Å². The molecular formula is C19H14ClFN4O4S. The number of hydrazone groups is 1. The van der Waals surface area contributed by atoms with Gasteiger partial charge in [0.15, 0.2) is 0 Å². The summed E-state index contributed by atoms with van der Waals surface area (Å²) in [5, 5.41) is 15.6. The molecule has 0 aliphatic heterocycles. The van der Waals surface area contributed by atoms with E-state index in [1.54, 1.807) is 18.2 Å². The molecule has 8 nitrogen and oxygen atoms in total. The standard InChI is InChI=1S/C19H14ClFN4O4S/c20-14-4-2-6-16(10-14)24-30(28,29)17-7-8-18(19(11-17)25(26)27)23-22-12-13-3-1-5-15(21)9-13/h1-12,23-24H/b22-12+. The number of benzene rings is 3. The fourth-order valence-electron chi connectivity index (χ4n) is 2.45. The normalized spacial score (nSPS) is 11.4. The number of hydrogen-bond donors (Lipinski definition) is 2. The summed E-state index contributed by atoms with van der Waals surface area (Å²) in [6.45, 7) is 0. The zero-order valence-corrected chi connectivity index (χ0v) is 16.7. The van der Waals surface area contributed by atoms with Gasteiger partial charge in [0.2, 0.25) is 0 Å². The number of anilines is 2. The van der Waals surface area contributed by atoms with Crippen LogP contribution in [0.15, 0.2) is 76.7 Å². The maximum absolute atomic E-state index is 13.2. The minimum atomic E-state index is -4.09. The highest BCUT2D eigenvalue weighted by atomic mass is 35.5. The average Bonchev–Trinajstić information content (AvgIpc) is 2.67. The highest BCUT2D eigenvalue weighted by molar-refractivity contribution is 7.92. The van der Waals surface area contributed by atoms with E-state index in [2.05, 4.69) is 15.2 Å². The summed E-state index contributed by atoms with van der Waals surface area (Å²) in [6, 6.07) is 15.0. The number of hydrogen-bond acceptors (Lipinski definition) is 6. The molecule has 3 aromatic carbocycles. The molecule has 0 atom stereocenters. The van der Waals surface area contributed by atoms with Gasteiger partial charge >= 0.3 is 0 Å². The predicted molar refractivity (Wildman–Crippen MR) is 113 cm³/mol. The third-order valence-corrected chi connectivity index (χ3v) is 5.41. The molecule has 0 radical (unpaired) electrons. The molecule has 11 heteroatoms. The van der Waals surface area contributed by atoms with Crippen molar-refractivity contribution in [2.45, 2.75) is 4.90 Å². The fraction of sp³-hybridized carbons (Fsp3) is 0. The molecule has 0 heterocycles. The van der Waals surface area contributed by atoms with E-state index in [1.165, 1.54) is 48.7 Å². The van der Waals surface area contributed by atoms with Gasteiger partial charge in [-0.3, -0.25) is 20.3 Å². The Morgan fingerprint density at radius 3 is 2.53 bits per heavy atom. The van der Waals surface area contributed by atoms with Crippen LogP contribution < -0.4 is 10.1 Å². The lowest BCUT2D eigenvalue weighted by Gasteiger charge is -2.09. The minimum absolute atomic E-state index is 0.0330. The zero-order chi connectivity index (χ0) is 21.7. The summed E-state index contributed by atoms with van der Waals surface area (Å²) in [5.74, 6) is -0.452. The van der Waals surface area contributed by atoms with E-state index < -0.39 is 26.5 Å². The van der Waals surface area contributed by atoms with Crippen molar-refractivity contribution in [1.29, 1.82) is 0 Å². The Morgan fingerprint density at radius 2 is 1.83 bits per heavy atom. The maximum Gasteiger partial charge on any atom is 0.295 e. The van der Waals surface area contributed by atoms with Crippen LogP contribution >= 0.6 is 11.6 Å². The Bertz CT molecular complexity index is 1230. The van der Waals surface area contributed by atoms with Gasteiger partial charge in [-0.05, 0) is 48.0 Å². The molecule has 0 fully saturated rings. The topological polar surface area (TPSA) is 114 Å². The first-order valence-corrected chi connectivity index (χ1v) is 10.2. The molecule has 0 aromatic heterocycles. The third-order valence-electron chi connectivity index (χ3n) is 3.80. The molecule has 3 aromatic rings. The van der Waals surface area contributed by atoms with Gasteiger partial charge < -0.3 is 0 Å². The van der Waals surface area contributed by atoms with Crippen molar-refractivity contribution in [2.24, 2.45) is 5.10 Å². The summed E-state index contributed by atoms with van der Waals surface area (Å²) in [5.41, 5.74) is 2.59. The van der Waals surface area contributed by atoms with E-state index in [9.17, 15) is 22.9 Å². The van der Waals surface area contributed by atoms with Gasteiger partial charge in [-0.25, -0.2) is 12.8 Å². The summed E-state index contributed by atoms with van der Waals surface area (Å²) in [4.78, 5) is 10.4. The van der Waals surface area contributed by atoms with E-state index in [0.717, 1.165) is 6.07 Å². The van der Waals surface area contributed by atoms with Crippen LogP contribution in [0, 0.1) is 15.9 Å². The van der Waals surface area contributed by atoms with Crippen LogP contribution in [0.1, 0.15) is 5.56 Å². The molecular weight excluding hydrogens is 435 g/mol. The lowest BCUT2D eigenvalue weighted by molar-refractivity contribution is -0.384. The fourth-order valence-corrected chi connectivity index (χ4v) is 3.71. The van der Waals surface area contributed by atoms with Gasteiger partial charge in [0.05, 0.1) is 21.7 Å². The second kappa shape index (κ2) is 8.89. The molecule has 2 N–H and O–H groups in total. The predicted octanol–water partition coefficient (Wildman–Crippen LogP) is 4.63. The monoisotopic (exact) mass is 448 g/mol. The Morgan fingerprint density at radius 1 is 1.07 bits per heavy atom. The quantitative estimate of drug-likeness (QED) is 0.310. The molecule has 0 saturated carbocycles. The highest BCUT2D eigenvalue weighted by Crippen LogP contribution is 2.29. The van der Waals surface area contributed by atoms with Crippen molar-refractivity contribution in [1.82, 2.24) is 0 Å². The molecule has 0 unspecified atom stereocenters. The van der Waals surface area contributed by atoms with Crippen molar-refractivity contribution in [3.05, 3.63) is 93.2 Å². The molecule has 154 valence electrons. The SMILES string of the molecule is O=[N+]([O-])c1cc(S(=O)(=O)Nc2cccc(Cl)c2)ccc1N/N=C/c1cccc(F)c1. The second-order valence-electron chi connectivity index (χ2n) is 5.98. The second-order valence-corrected chi connectivity index (χ2v) is 8.10. The minimum Gasteiger partial charge on any atom is -0.280 e. The van der Waals surface area contributed by atoms with Crippen molar-refractivity contribution >= 4 is 44.9 Å². The van der Waals surface area contributed by atoms with Crippen LogP contribution in [0.3, 0.4) is 0 Å². The number of sulfonamides is 1. The van der Waals surface area contributed by atoms with Crippen LogP contribution in [-0.4, -0.2) is 19.6 Å². The number of halogens is 2. The molecule has 3 rings (SSSR count). The number of nitrogens with one attached hydrogen (secondary N) is 2. The molecule has 0 aliphatic carbocycles. The van der Waals surface area contributed by atoms with Gasteiger partial charge in [0.1, 0.15) is 11.5 Å². The third kappa shape index (κ3) is 5.31. The summed E-state index contributed by atoms with van der Waals surface area (Å²) >= 11 is 5.84. The van der Waals surface area contributed by atoms with Gasteiger partial charge in [-0.2, -0.15) is 5.10 Å². The smallest absolute Gasteiger partial charge is 0.280 e. The number of rotatable bonds is 7. The largest absolute Gasteiger partial charge is 0.295 e. The number of nitro benzene ring substituents is 1. The Hall–Kier alpha value is -3.50. The first-order chi connectivity index (χ1) is 14.2. The zero-order valence-electron chi connectivity index (χ0n) is 15.1. The Labute approximate surface area is 176 Å². The van der Waals surface area contributed by atoms with E-state index in [4.69, 9.17) is 11.6 Å². The van der Waals surface area contributed by atoms with Gasteiger partial charge in [-0.1, -0.05) is 29.8 Å². The first kappa shape index (κ1) is 21.2. The maximum atomic E-state index is 13.2. The lowest BCUT2D eigenvalue weighted by Crippen LogP contribution is -2.13. The molecule has 30 heavy (non-hydrogen) atoms. The van der Waals surface area contributed by atoms with Crippen LogP contribution in [0.5, 0.6) is 0 Å². The first-order valence-electron chi connectivity index (χ1n) is 8.36. The van der Waals surface area contributed by atoms with Gasteiger partial charge in [-0.15, -0.1) is 0 Å². The molecule has 0 bridgehead atoms. The van der Waals surface area contributed by atoms with E-state index in [1.807, 2.05) is 0 Å². The van der Waals surface area contributed by atoms with Gasteiger partial charge in [0.25, 0.3) is 15.7 Å². The van der Waals surface area contributed by atoms with Crippen LogP contribution in [0.2, 0.25) is 5.02 Å². The number of nitro groups is 1. The van der Waals surface area contributed by atoms with Crippen LogP contribution in [0.4, 0.5) is 21.5 Å². The van der Waals surface area contributed by atoms with Crippen LogP contribution in [0.25, 0.3) is 0 Å². The molecule has 0 saturated heterocycles. The Balaban J connectivity index is 1.85. The number of nitrogens with zero attached hydrogens (tertiary/aromatic N) is 2. The van der Waals surface area contributed by atoms with Crippen LogP contribution in [-0.2, 0) is 10.0 Å². The average molecular weight is 449 g/mol. The summed E-state index contributed by atoms with van der Waals surface area (Å²) in [7, 11) is -4.09. The summed E-state index contributed by atoms with van der Waals surface area (Å²) in [6.07, 6.45) is 1.28. The van der Waals surface area contributed by atoms with E-state index in [0.29, 0.717) is 10.6 Å². The van der Waals surface area contributed by atoms with E-state index >= 15 is 0 Å². The Kier molecular flexibility index (Phi) is 6.28. The van der Waals surface area contributed by atoms with E-state index in [-0.39, 0.29) is 16.3 Å². The van der Waals surface area contributed by atoms with Crippen molar-refractivity contribution in [2.75, 3.05) is 10.1 Å².